The van der Waals surface area contributed by atoms with Gasteiger partial charge in [-0.15, -0.1) is 11.8 Å². The van der Waals surface area contributed by atoms with Gasteiger partial charge in [0, 0.05) is 43.2 Å². The Morgan fingerprint density at radius 3 is 2.28 bits per heavy atom. The van der Waals surface area contributed by atoms with Crippen LogP contribution in [0.3, 0.4) is 0 Å². The highest BCUT2D eigenvalue weighted by atomic mass is 32.2. The van der Waals surface area contributed by atoms with Crippen molar-refractivity contribution in [1.82, 2.24) is 9.21 Å². The van der Waals surface area contributed by atoms with Gasteiger partial charge in [0.2, 0.25) is 15.9 Å². The van der Waals surface area contributed by atoms with Crippen LogP contribution in [0.2, 0.25) is 0 Å². The molecule has 5 nitrogen and oxygen atoms in total. The molecule has 0 N–H and O–H groups in total. The minimum atomic E-state index is -4.66. The highest BCUT2D eigenvalue weighted by Crippen LogP contribution is 2.31. The maximum Gasteiger partial charge on any atom is 0.416 e. The fourth-order valence-corrected chi connectivity index (χ4v) is 5.47. The van der Waals surface area contributed by atoms with Crippen LogP contribution >= 0.6 is 11.8 Å². The fourth-order valence-electron chi connectivity index (χ4n) is 3.14. The summed E-state index contributed by atoms with van der Waals surface area (Å²) in [5.41, 5.74) is -1.05. The van der Waals surface area contributed by atoms with Crippen molar-refractivity contribution in [2.75, 3.05) is 31.9 Å². The number of sulfonamides is 1. The van der Waals surface area contributed by atoms with Crippen LogP contribution < -0.4 is 0 Å². The molecule has 2 aromatic rings. The van der Waals surface area contributed by atoms with Gasteiger partial charge >= 0.3 is 6.18 Å². The first-order valence-electron chi connectivity index (χ1n) is 9.51. The van der Waals surface area contributed by atoms with Crippen molar-refractivity contribution >= 4 is 27.7 Å². The summed E-state index contributed by atoms with van der Waals surface area (Å²) in [6.07, 6.45) is -4.54. The summed E-state index contributed by atoms with van der Waals surface area (Å²) < 4.78 is 91.3. The van der Waals surface area contributed by atoms with E-state index in [1.54, 1.807) is 0 Å². The third kappa shape index (κ3) is 5.78. The van der Waals surface area contributed by atoms with Gasteiger partial charge in [0.05, 0.1) is 10.5 Å². The van der Waals surface area contributed by atoms with Crippen LogP contribution in [0.15, 0.2) is 52.3 Å². The maximum absolute atomic E-state index is 13.2. The van der Waals surface area contributed by atoms with Crippen LogP contribution in [0.25, 0.3) is 0 Å². The molecular weight excluding hydrogens is 475 g/mol. The zero-order valence-corrected chi connectivity index (χ0v) is 18.2. The molecule has 0 radical (unpaired) electrons. The van der Waals surface area contributed by atoms with Crippen molar-refractivity contribution in [2.45, 2.75) is 22.4 Å². The number of nitrogens with zero attached hydrogens (tertiary/aromatic N) is 2. The largest absolute Gasteiger partial charge is 0.416 e. The molecule has 1 aliphatic rings. The first-order valence-corrected chi connectivity index (χ1v) is 11.9. The second kappa shape index (κ2) is 9.75. The molecule has 0 unspecified atom stereocenters. The van der Waals surface area contributed by atoms with E-state index in [1.165, 1.54) is 22.7 Å². The number of hydrogen-bond donors (Lipinski definition) is 0. The minimum absolute atomic E-state index is 0.0410. The Labute approximate surface area is 186 Å². The van der Waals surface area contributed by atoms with Gasteiger partial charge in [-0.2, -0.15) is 17.5 Å². The van der Waals surface area contributed by atoms with Gasteiger partial charge in [-0.3, -0.25) is 4.79 Å². The summed E-state index contributed by atoms with van der Waals surface area (Å²) in [5.74, 6) is -1.83. The van der Waals surface area contributed by atoms with Crippen molar-refractivity contribution in [1.29, 1.82) is 0 Å². The SMILES string of the molecule is O=C(CCSc1ccc(F)c(F)c1)N1CCN(S(=O)(=O)c2cccc(C(F)(F)F)c2)CC1. The van der Waals surface area contributed by atoms with E-state index in [0.29, 0.717) is 16.7 Å². The lowest BCUT2D eigenvalue weighted by molar-refractivity contribution is -0.137. The van der Waals surface area contributed by atoms with Crippen LogP contribution in [-0.2, 0) is 21.0 Å². The van der Waals surface area contributed by atoms with Gasteiger partial charge in [0.15, 0.2) is 11.6 Å². The second-order valence-corrected chi connectivity index (χ2v) is 10.1. The number of hydrogen-bond acceptors (Lipinski definition) is 4. The molecule has 1 heterocycles. The van der Waals surface area contributed by atoms with E-state index >= 15 is 0 Å². The van der Waals surface area contributed by atoms with Gasteiger partial charge in [-0.05, 0) is 36.4 Å². The monoisotopic (exact) mass is 494 g/mol. The second-order valence-electron chi connectivity index (χ2n) is 6.98. The lowest BCUT2D eigenvalue weighted by atomic mass is 10.2. The Kier molecular flexibility index (Phi) is 7.46. The van der Waals surface area contributed by atoms with E-state index in [9.17, 15) is 35.2 Å². The predicted octanol–water partition coefficient (Wildman–Crippen LogP) is 4.00. The number of rotatable bonds is 6. The molecule has 3 rings (SSSR count). The number of halogens is 5. The molecule has 32 heavy (non-hydrogen) atoms. The van der Waals surface area contributed by atoms with Crippen molar-refractivity contribution in [3.63, 3.8) is 0 Å². The summed E-state index contributed by atoms with van der Waals surface area (Å²) in [5, 5.41) is 0. The van der Waals surface area contributed by atoms with Gasteiger partial charge < -0.3 is 4.90 Å². The Bertz CT molecular complexity index is 1080. The average molecular weight is 495 g/mol. The summed E-state index contributed by atoms with van der Waals surface area (Å²) in [6.45, 7) is 0.126. The Morgan fingerprint density at radius 1 is 0.969 bits per heavy atom. The van der Waals surface area contributed by atoms with Crippen LogP contribution in [0.5, 0.6) is 0 Å². The zero-order chi connectivity index (χ0) is 23.5. The van der Waals surface area contributed by atoms with E-state index < -0.39 is 38.3 Å². The van der Waals surface area contributed by atoms with Crippen LogP contribution in [0.1, 0.15) is 12.0 Å². The molecule has 0 aromatic heterocycles. The van der Waals surface area contributed by atoms with Crippen molar-refractivity contribution in [2.24, 2.45) is 0 Å². The normalized spacial score (nSPS) is 15.7. The van der Waals surface area contributed by atoms with Crippen LogP contribution in [0, 0.1) is 11.6 Å². The maximum atomic E-state index is 13.2. The van der Waals surface area contributed by atoms with Gasteiger partial charge in [0.1, 0.15) is 0 Å². The summed E-state index contributed by atoms with van der Waals surface area (Å²) in [4.78, 5) is 13.9. The first-order chi connectivity index (χ1) is 15.0. The van der Waals surface area contributed by atoms with E-state index in [2.05, 4.69) is 0 Å². The Hall–Kier alpha value is -2.18. The smallest absolute Gasteiger partial charge is 0.340 e. The Morgan fingerprint density at radius 2 is 1.66 bits per heavy atom. The van der Waals surface area contributed by atoms with E-state index in [4.69, 9.17) is 0 Å². The lowest BCUT2D eigenvalue weighted by Crippen LogP contribution is -2.50. The highest BCUT2D eigenvalue weighted by Gasteiger charge is 2.34. The predicted molar refractivity (Wildman–Crippen MR) is 108 cm³/mol. The number of thioether (sulfide) groups is 1. The molecule has 0 atom stereocenters. The number of amides is 1. The molecular formula is C20H19F5N2O3S2. The van der Waals surface area contributed by atoms with Gasteiger partial charge in [0.25, 0.3) is 0 Å². The lowest BCUT2D eigenvalue weighted by Gasteiger charge is -2.34. The first kappa shape index (κ1) is 24.5. The van der Waals surface area contributed by atoms with E-state index in [-0.39, 0.29) is 38.5 Å². The third-order valence-electron chi connectivity index (χ3n) is 4.87. The van der Waals surface area contributed by atoms with Gasteiger partial charge in [-0.1, -0.05) is 6.07 Å². The molecule has 12 heteroatoms. The molecule has 1 fully saturated rings. The van der Waals surface area contributed by atoms with Crippen molar-refractivity contribution in [3.8, 4) is 0 Å². The van der Waals surface area contributed by atoms with E-state index in [0.717, 1.165) is 34.6 Å². The molecule has 1 aliphatic heterocycles. The molecule has 174 valence electrons. The number of carbonyl (C=O) groups excluding carboxylic acids is 1. The highest BCUT2D eigenvalue weighted by molar-refractivity contribution is 7.99. The molecule has 0 bridgehead atoms. The summed E-state index contributed by atoms with van der Waals surface area (Å²) >= 11 is 1.19. The summed E-state index contributed by atoms with van der Waals surface area (Å²) in [6, 6.07) is 7.00. The standard InChI is InChI=1S/C20H19F5N2O3S2/c21-17-5-4-15(13-18(17)22)31-11-6-19(28)26-7-9-27(10-8-26)32(29,30)16-3-1-2-14(12-16)20(23,24)25/h1-5,12-13H,6-11H2. The minimum Gasteiger partial charge on any atom is -0.340 e. The number of benzene rings is 2. The quantitative estimate of drug-likeness (QED) is 0.450. The van der Waals surface area contributed by atoms with E-state index in [1.807, 2.05) is 0 Å². The molecule has 1 amide bonds. The molecule has 0 aliphatic carbocycles. The third-order valence-corrected chi connectivity index (χ3v) is 7.76. The van der Waals surface area contributed by atoms with Crippen molar-refractivity contribution < 1.29 is 35.2 Å². The van der Waals surface area contributed by atoms with Crippen molar-refractivity contribution in [3.05, 3.63) is 59.7 Å². The number of alkyl halides is 3. The Balaban J connectivity index is 1.53. The average Bonchev–Trinajstić information content (AvgIpc) is 2.75. The number of piperazine rings is 1. The molecule has 1 saturated heterocycles. The number of carbonyl (C=O) groups is 1. The molecule has 2 aromatic carbocycles. The van der Waals surface area contributed by atoms with Gasteiger partial charge in [-0.25, -0.2) is 17.2 Å². The molecule has 0 saturated carbocycles. The zero-order valence-electron chi connectivity index (χ0n) is 16.6. The fraction of sp³-hybridized carbons (Fsp3) is 0.350. The molecule has 0 spiro atoms. The van der Waals surface area contributed by atoms with Crippen LogP contribution in [0.4, 0.5) is 22.0 Å². The van der Waals surface area contributed by atoms with Crippen LogP contribution in [-0.4, -0.2) is 55.5 Å². The topological polar surface area (TPSA) is 57.7 Å². The summed E-state index contributed by atoms with van der Waals surface area (Å²) in [7, 11) is -4.13.